The van der Waals surface area contributed by atoms with Crippen molar-refractivity contribution in [1.82, 2.24) is 0 Å². The molecule has 0 amide bonds. The van der Waals surface area contributed by atoms with Crippen LogP contribution in [0.3, 0.4) is 0 Å². The first-order valence-electron chi connectivity index (χ1n) is 16.4. The first kappa shape index (κ1) is 27.2. The van der Waals surface area contributed by atoms with Crippen LogP contribution in [0, 0.1) is 0 Å². The van der Waals surface area contributed by atoms with Crippen LogP contribution in [-0.4, -0.2) is 0 Å². The Hall–Kier alpha value is -5.96. The molecule has 10 aromatic rings. The van der Waals surface area contributed by atoms with Gasteiger partial charge in [-0.1, -0.05) is 133 Å². The zero-order chi connectivity index (χ0) is 31.6. The molecule has 0 spiro atoms. The molecule has 0 N–H and O–H groups in total. The lowest BCUT2D eigenvalue weighted by molar-refractivity contribution is 1.31. The number of benzene rings is 9. The summed E-state index contributed by atoms with van der Waals surface area (Å²) in [5.41, 5.74) is 5.88. The number of rotatable bonds is 4. The summed E-state index contributed by atoms with van der Waals surface area (Å²) in [6.07, 6.45) is 0. The van der Waals surface area contributed by atoms with Crippen LogP contribution in [0.15, 0.2) is 176 Å². The minimum atomic E-state index is 1.13. The van der Waals surface area contributed by atoms with Gasteiger partial charge in [0.2, 0.25) is 0 Å². The molecule has 0 unspecified atom stereocenters. The summed E-state index contributed by atoms with van der Waals surface area (Å²) < 4.78 is 2.66. The number of fused-ring (bicyclic) bond motifs is 9. The monoisotopic (exact) mass is 627 g/mol. The fourth-order valence-electron chi connectivity index (χ4n) is 7.48. The third-order valence-electron chi connectivity index (χ3n) is 9.81. The number of hydrogen-bond acceptors (Lipinski definition) is 2. The fourth-order valence-corrected chi connectivity index (χ4v) is 8.63. The van der Waals surface area contributed by atoms with Crippen molar-refractivity contribution in [3.63, 3.8) is 0 Å². The van der Waals surface area contributed by atoms with Gasteiger partial charge in [-0.3, -0.25) is 0 Å². The molecule has 9 aromatic carbocycles. The molecule has 224 valence electrons. The quantitative estimate of drug-likeness (QED) is 0.176. The molecule has 0 bridgehead atoms. The predicted molar refractivity (Wildman–Crippen MR) is 209 cm³/mol. The summed E-state index contributed by atoms with van der Waals surface area (Å²) in [4.78, 5) is 2.44. The maximum atomic E-state index is 2.44. The highest BCUT2D eigenvalue weighted by Gasteiger charge is 2.18. The Morgan fingerprint density at radius 1 is 0.312 bits per heavy atom. The van der Waals surface area contributed by atoms with Crippen molar-refractivity contribution in [2.75, 3.05) is 4.90 Å². The smallest absolute Gasteiger partial charge is 0.0546 e. The van der Waals surface area contributed by atoms with Crippen LogP contribution >= 0.6 is 11.3 Å². The van der Waals surface area contributed by atoms with Crippen LogP contribution in [0.1, 0.15) is 0 Å². The first-order valence-corrected chi connectivity index (χ1v) is 17.2. The molecular formula is C46H29NS. The minimum Gasteiger partial charge on any atom is -0.310 e. The average molecular weight is 628 g/mol. The van der Waals surface area contributed by atoms with E-state index in [1.807, 2.05) is 11.3 Å². The van der Waals surface area contributed by atoms with E-state index >= 15 is 0 Å². The Bertz CT molecular complexity index is 2840. The van der Waals surface area contributed by atoms with E-state index in [0.29, 0.717) is 0 Å². The third kappa shape index (κ3) is 4.31. The van der Waals surface area contributed by atoms with Gasteiger partial charge in [0.25, 0.3) is 0 Å². The van der Waals surface area contributed by atoms with Crippen LogP contribution in [0.5, 0.6) is 0 Å². The van der Waals surface area contributed by atoms with E-state index < -0.39 is 0 Å². The van der Waals surface area contributed by atoms with E-state index in [-0.39, 0.29) is 0 Å². The summed E-state index contributed by atoms with van der Waals surface area (Å²) in [5, 5.41) is 12.7. The molecule has 2 heteroatoms. The lowest BCUT2D eigenvalue weighted by Crippen LogP contribution is -2.10. The van der Waals surface area contributed by atoms with E-state index in [2.05, 4.69) is 181 Å². The van der Waals surface area contributed by atoms with E-state index in [0.717, 1.165) is 11.4 Å². The van der Waals surface area contributed by atoms with Gasteiger partial charge >= 0.3 is 0 Å². The lowest BCUT2D eigenvalue weighted by atomic mass is 9.97. The number of thiophene rings is 1. The zero-order valence-corrected chi connectivity index (χ0v) is 26.9. The van der Waals surface area contributed by atoms with E-state index in [9.17, 15) is 0 Å². The Balaban J connectivity index is 1.18. The highest BCUT2D eigenvalue weighted by atomic mass is 32.1. The van der Waals surface area contributed by atoms with Crippen molar-refractivity contribution in [3.8, 4) is 11.1 Å². The maximum absolute atomic E-state index is 2.44. The van der Waals surface area contributed by atoms with Gasteiger partial charge in [0.05, 0.1) is 5.69 Å². The molecule has 10 rings (SSSR count). The average Bonchev–Trinajstić information content (AvgIpc) is 3.53. The molecule has 0 aliphatic carbocycles. The lowest BCUT2D eigenvalue weighted by Gasteiger charge is -2.28. The number of hydrogen-bond donors (Lipinski definition) is 0. The van der Waals surface area contributed by atoms with Crippen molar-refractivity contribution in [2.24, 2.45) is 0 Å². The van der Waals surface area contributed by atoms with Crippen molar-refractivity contribution >= 4 is 91.7 Å². The Morgan fingerprint density at radius 3 is 1.69 bits per heavy atom. The normalized spacial score (nSPS) is 11.8. The molecule has 0 atom stereocenters. The fraction of sp³-hybridized carbons (Fsp3) is 0. The van der Waals surface area contributed by atoms with Gasteiger partial charge in [-0.25, -0.2) is 0 Å². The van der Waals surface area contributed by atoms with Crippen LogP contribution in [0.25, 0.3) is 74.4 Å². The highest BCUT2D eigenvalue weighted by molar-refractivity contribution is 7.25. The zero-order valence-electron chi connectivity index (χ0n) is 26.1. The molecule has 0 fully saturated rings. The summed E-state index contributed by atoms with van der Waals surface area (Å²) in [5.74, 6) is 0. The summed E-state index contributed by atoms with van der Waals surface area (Å²) >= 11 is 1.87. The molecule has 1 aromatic heterocycles. The Kier molecular flexibility index (Phi) is 6.12. The van der Waals surface area contributed by atoms with Crippen LogP contribution in [0.4, 0.5) is 17.1 Å². The minimum absolute atomic E-state index is 1.13. The van der Waals surface area contributed by atoms with Gasteiger partial charge in [-0.05, 0) is 91.3 Å². The second-order valence-corrected chi connectivity index (χ2v) is 13.6. The van der Waals surface area contributed by atoms with E-state index in [1.54, 1.807) is 0 Å². The topological polar surface area (TPSA) is 3.24 Å². The van der Waals surface area contributed by atoms with Crippen LogP contribution < -0.4 is 4.90 Å². The molecule has 1 nitrogen and oxygen atoms in total. The first-order chi connectivity index (χ1) is 23.8. The molecular weight excluding hydrogens is 599 g/mol. The van der Waals surface area contributed by atoms with Gasteiger partial charge < -0.3 is 4.90 Å². The molecule has 0 saturated heterocycles. The summed E-state index contributed by atoms with van der Waals surface area (Å²) in [6.45, 7) is 0. The predicted octanol–water partition coefficient (Wildman–Crippen LogP) is 13.8. The molecule has 0 radical (unpaired) electrons. The molecule has 48 heavy (non-hydrogen) atoms. The van der Waals surface area contributed by atoms with Crippen molar-refractivity contribution in [3.05, 3.63) is 176 Å². The third-order valence-corrected chi connectivity index (χ3v) is 10.9. The van der Waals surface area contributed by atoms with Crippen molar-refractivity contribution in [1.29, 1.82) is 0 Å². The molecule has 0 aliphatic rings. The largest absolute Gasteiger partial charge is 0.310 e. The Morgan fingerprint density at radius 2 is 0.875 bits per heavy atom. The summed E-state index contributed by atoms with van der Waals surface area (Å²) in [6, 6.07) is 64.6. The molecule has 1 heterocycles. The SMILES string of the molecule is c1ccc2c(c1)ccc1ccc(N(c3ccc(-c4ccc5c(c4)sc4ccccc45)cc3)c3cc4ccccc4c4ccccc34)cc12. The van der Waals surface area contributed by atoms with Gasteiger partial charge in [0.15, 0.2) is 0 Å². The van der Waals surface area contributed by atoms with Gasteiger partial charge in [0.1, 0.15) is 0 Å². The van der Waals surface area contributed by atoms with Crippen molar-refractivity contribution in [2.45, 2.75) is 0 Å². The second kappa shape index (κ2) is 10.8. The number of anilines is 3. The molecule has 0 saturated carbocycles. The Labute approximate surface area is 282 Å². The van der Waals surface area contributed by atoms with Gasteiger partial charge in [-0.2, -0.15) is 0 Å². The highest BCUT2D eigenvalue weighted by Crippen LogP contribution is 2.44. The van der Waals surface area contributed by atoms with E-state index in [4.69, 9.17) is 0 Å². The number of nitrogens with zero attached hydrogens (tertiary/aromatic N) is 1. The second-order valence-electron chi connectivity index (χ2n) is 12.5. The van der Waals surface area contributed by atoms with Crippen LogP contribution in [-0.2, 0) is 0 Å². The van der Waals surface area contributed by atoms with Gasteiger partial charge in [0, 0.05) is 36.9 Å². The van der Waals surface area contributed by atoms with Crippen molar-refractivity contribution < 1.29 is 0 Å². The molecule has 0 aliphatic heterocycles. The maximum Gasteiger partial charge on any atom is 0.0546 e. The standard InChI is InChI=1S/C46H29NS/c1-3-11-37-31(9-1)17-18-32-21-25-36(29-43(32)37)47(44-27-34-10-2-4-12-38(34)39-13-5-6-14-40(39)44)35-23-19-30(20-24-35)33-22-26-42-41-15-7-8-16-45(41)48-46(42)28-33/h1-29H. The van der Waals surface area contributed by atoms with Crippen LogP contribution in [0.2, 0.25) is 0 Å². The van der Waals surface area contributed by atoms with Gasteiger partial charge in [-0.15, -0.1) is 11.3 Å². The van der Waals surface area contributed by atoms with E-state index in [1.165, 1.54) is 80.1 Å². The summed E-state index contributed by atoms with van der Waals surface area (Å²) in [7, 11) is 0.